The summed E-state index contributed by atoms with van der Waals surface area (Å²) in [6, 6.07) is 0. The fourth-order valence-electron chi connectivity index (χ4n) is 1.39. The zero-order chi connectivity index (χ0) is 11.5. The Hall–Kier alpha value is -0.870. The predicted molar refractivity (Wildman–Crippen MR) is 55.5 cm³/mol. The van der Waals surface area contributed by atoms with Crippen molar-refractivity contribution < 1.29 is 19.4 Å². The van der Waals surface area contributed by atoms with Gasteiger partial charge in [0.25, 0.3) is 0 Å². The summed E-state index contributed by atoms with van der Waals surface area (Å²) < 4.78 is 11.2. The maximum Gasteiger partial charge on any atom is 0.330 e. The molecule has 0 bridgehead atoms. The quantitative estimate of drug-likeness (QED) is 0.727. The van der Waals surface area contributed by atoms with Gasteiger partial charge >= 0.3 is 5.97 Å². The van der Waals surface area contributed by atoms with Crippen molar-refractivity contribution >= 4 is 5.97 Å². The van der Waals surface area contributed by atoms with Crippen LogP contribution in [0.1, 0.15) is 33.6 Å². The summed E-state index contributed by atoms with van der Waals surface area (Å²) in [5.41, 5.74) is 0.351. The van der Waals surface area contributed by atoms with E-state index in [4.69, 9.17) is 14.6 Å². The van der Waals surface area contributed by atoms with Crippen LogP contribution in [0.2, 0.25) is 0 Å². The van der Waals surface area contributed by atoms with Gasteiger partial charge in [-0.15, -0.1) is 0 Å². The molecule has 15 heavy (non-hydrogen) atoms. The van der Waals surface area contributed by atoms with Crippen molar-refractivity contribution in [2.75, 3.05) is 6.61 Å². The predicted octanol–water partition coefficient (Wildman–Crippen LogP) is 1.95. The summed E-state index contributed by atoms with van der Waals surface area (Å²) in [6.45, 7) is 6.02. The van der Waals surface area contributed by atoms with Crippen molar-refractivity contribution in [3.63, 3.8) is 0 Å². The Morgan fingerprint density at radius 2 is 2.33 bits per heavy atom. The second-order valence-electron chi connectivity index (χ2n) is 3.97. The van der Waals surface area contributed by atoms with E-state index in [9.17, 15) is 4.79 Å². The van der Waals surface area contributed by atoms with Crippen molar-refractivity contribution in [3.8, 4) is 0 Å². The van der Waals surface area contributed by atoms with Crippen LogP contribution in [0.25, 0.3) is 0 Å². The third-order valence-corrected chi connectivity index (χ3v) is 2.66. The number of hydrogen-bond acceptors (Lipinski definition) is 3. The number of carboxylic acids is 1. The van der Waals surface area contributed by atoms with Gasteiger partial charge in [0.05, 0.1) is 12.7 Å². The molecule has 0 saturated carbocycles. The van der Waals surface area contributed by atoms with Gasteiger partial charge in [0.1, 0.15) is 0 Å². The van der Waals surface area contributed by atoms with E-state index >= 15 is 0 Å². The van der Waals surface area contributed by atoms with Crippen LogP contribution >= 0.6 is 0 Å². The van der Waals surface area contributed by atoms with Crippen LogP contribution < -0.4 is 0 Å². The van der Waals surface area contributed by atoms with E-state index in [2.05, 4.69) is 0 Å². The Bertz CT molecular complexity index is 272. The van der Waals surface area contributed by atoms with Gasteiger partial charge in [-0.3, -0.25) is 0 Å². The standard InChI is InChI=1S/C11H18O4/c1-4-11(3)14-7-9(15-11)6-5-8(2)10(12)13/h5,9H,4,6-7H2,1-3H3,(H,12,13). The van der Waals surface area contributed by atoms with Crippen molar-refractivity contribution in [1.82, 2.24) is 0 Å². The molecular weight excluding hydrogens is 196 g/mol. The number of aliphatic carboxylic acids is 1. The Kier molecular flexibility index (Phi) is 3.88. The van der Waals surface area contributed by atoms with Gasteiger partial charge in [0.2, 0.25) is 0 Å². The third kappa shape index (κ3) is 3.32. The lowest BCUT2D eigenvalue weighted by Crippen LogP contribution is -2.25. The number of carboxylic acid groups (broad SMARTS) is 1. The van der Waals surface area contributed by atoms with Crippen LogP contribution in [-0.2, 0) is 14.3 Å². The van der Waals surface area contributed by atoms with Crippen LogP contribution in [-0.4, -0.2) is 29.6 Å². The first-order valence-corrected chi connectivity index (χ1v) is 5.18. The number of carbonyl (C=O) groups is 1. The minimum Gasteiger partial charge on any atom is -0.478 e. The lowest BCUT2D eigenvalue weighted by atomic mass is 10.2. The van der Waals surface area contributed by atoms with Crippen LogP contribution in [0.4, 0.5) is 0 Å². The molecule has 0 aromatic carbocycles. The highest BCUT2D eigenvalue weighted by atomic mass is 16.7. The molecule has 0 radical (unpaired) electrons. The molecule has 0 spiro atoms. The van der Waals surface area contributed by atoms with E-state index in [1.165, 1.54) is 0 Å². The second-order valence-corrected chi connectivity index (χ2v) is 3.97. The number of ether oxygens (including phenoxy) is 2. The molecule has 2 atom stereocenters. The molecule has 1 heterocycles. The summed E-state index contributed by atoms with van der Waals surface area (Å²) in [5, 5.41) is 8.66. The van der Waals surface area contributed by atoms with Crippen molar-refractivity contribution in [2.24, 2.45) is 0 Å². The molecule has 1 aliphatic rings. The Labute approximate surface area is 89.9 Å². The molecule has 4 nitrogen and oxygen atoms in total. The summed E-state index contributed by atoms with van der Waals surface area (Å²) in [4.78, 5) is 10.5. The summed E-state index contributed by atoms with van der Waals surface area (Å²) in [5.74, 6) is -1.37. The molecule has 1 rings (SSSR count). The smallest absolute Gasteiger partial charge is 0.330 e. The Morgan fingerprint density at radius 1 is 1.67 bits per heavy atom. The highest BCUT2D eigenvalue weighted by molar-refractivity contribution is 5.85. The number of rotatable bonds is 4. The topological polar surface area (TPSA) is 55.8 Å². The highest BCUT2D eigenvalue weighted by Crippen LogP contribution is 2.27. The molecule has 1 saturated heterocycles. The Balaban J connectivity index is 2.43. The molecule has 0 aromatic heterocycles. The van der Waals surface area contributed by atoms with Gasteiger partial charge in [-0.05, 0) is 26.7 Å². The summed E-state index contributed by atoms with van der Waals surface area (Å²) in [7, 11) is 0. The maximum atomic E-state index is 10.5. The lowest BCUT2D eigenvalue weighted by molar-refractivity contribution is -0.154. The first kappa shape index (κ1) is 12.2. The van der Waals surface area contributed by atoms with Crippen molar-refractivity contribution in [2.45, 2.75) is 45.5 Å². The second kappa shape index (κ2) is 4.77. The SMILES string of the molecule is CCC1(C)OCC(CC=C(C)C(=O)O)O1. The van der Waals surface area contributed by atoms with Gasteiger partial charge in [0, 0.05) is 5.57 Å². The molecular formula is C11H18O4. The molecule has 4 heteroatoms. The average Bonchev–Trinajstić information content (AvgIpc) is 2.57. The van der Waals surface area contributed by atoms with Gasteiger partial charge in [-0.25, -0.2) is 4.79 Å². The highest BCUT2D eigenvalue weighted by Gasteiger charge is 2.34. The van der Waals surface area contributed by atoms with E-state index in [1.54, 1.807) is 13.0 Å². The van der Waals surface area contributed by atoms with Crippen LogP contribution in [0.3, 0.4) is 0 Å². The molecule has 1 fully saturated rings. The normalized spacial score (nSPS) is 31.9. The average molecular weight is 214 g/mol. The van der Waals surface area contributed by atoms with E-state index in [1.807, 2.05) is 13.8 Å². The molecule has 86 valence electrons. The van der Waals surface area contributed by atoms with Gasteiger partial charge < -0.3 is 14.6 Å². The van der Waals surface area contributed by atoms with E-state index in [-0.39, 0.29) is 6.10 Å². The molecule has 1 aliphatic heterocycles. The molecule has 0 amide bonds. The van der Waals surface area contributed by atoms with Crippen LogP contribution in [0.5, 0.6) is 0 Å². The monoisotopic (exact) mass is 214 g/mol. The van der Waals surface area contributed by atoms with E-state index < -0.39 is 11.8 Å². The van der Waals surface area contributed by atoms with Crippen molar-refractivity contribution in [3.05, 3.63) is 11.6 Å². The summed E-state index contributed by atoms with van der Waals surface area (Å²) in [6.07, 6.45) is 3.04. The van der Waals surface area contributed by atoms with E-state index in [0.717, 1.165) is 6.42 Å². The first-order valence-electron chi connectivity index (χ1n) is 5.18. The minimum atomic E-state index is -0.882. The van der Waals surface area contributed by atoms with E-state index in [0.29, 0.717) is 18.6 Å². The first-order chi connectivity index (χ1) is 6.97. The zero-order valence-electron chi connectivity index (χ0n) is 9.45. The van der Waals surface area contributed by atoms with Crippen LogP contribution in [0, 0.1) is 0 Å². The maximum absolute atomic E-state index is 10.5. The third-order valence-electron chi connectivity index (χ3n) is 2.66. The number of hydrogen-bond donors (Lipinski definition) is 1. The minimum absolute atomic E-state index is 0.0238. The largest absolute Gasteiger partial charge is 0.478 e. The molecule has 0 aliphatic carbocycles. The Morgan fingerprint density at radius 3 is 2.80 bits per heavy atom. The molecule has 2 unspecified atom stereocenters. The molecule has 0 aromatic rings. The fourth-order valence-corrected chi connectivity index (χ4v) is 1.39. The van der Waals surface area contributed by atoms with Gasteiger partial charge in [-0.2, -0.15) is 0 Å². The van der Waals surface area contributed by atoms with Gasteiger partial charge in [-0.1, -0.05) is 13.0 Å². The summed E-state index contributed by atoms with van der Waals surface area (Å²) >= 11 is 0. The zero-order valence-corrected chi connectivity index (χ0v) is 9.45. The lowest BCUT2D eigenvalue weighted by Gasteiger charge is -2.20. The molecule has 1 N–H and O–H groups in total. The van der Waals surface area contributed by atoms with Crippen molar-refractivity contribution in [1.29, 1.82) is 0 Å². The van der Waals surface area contributed by atoms with Gasteiger partial charge in [0.15, 0.2) is 5.79 Å². The van der Waals surface area contributed by atoms with Crippen LogP contribution in [0.15, 0.2) is 11.6 Å². The fraction of sp³-hybridized carbons (Fsp3) is 0.727.